The monoisotopic (exact) mass is 260 g/mol. The fraction of sp³-hybridized carbons (Fsp3) is 0.364. The molecule has 0 amide bonds. The molecule has 3 nitrogen and oxygen atoms in total. The van der Waals surface area contributed by atoms with Crippen LogP contribution in [0.1, 0.15) is 12.5 Å². The number of benzene rings is 1. The number of rotatable bonds is 5. The molecule has 0 aliphatic rings. The Morgan fingerprint density at radius 1 is 1.56 bits per heavy atom. The summed E-state index contributed by atoms with van der Waals surface area (Å²) in [6, 6.07) is 5.19. The fourth-order valence-corrected chi connectivity index (χ4v) is 2.25. The molecule has 16 heavy (non-hydrogen) atoms. The average Bonchev–Trinajstić information content (AvgIpc) is 2.27. The Kier molecular flexibility index (Phi) is 5.66. The molecule has 5 heteroatoms. The van der Waals surface area contributed by atoms with Gasteiger partial charge >= 0.3 is 5.97 Å². The zero-order chi connectivity index (χ0) is 12.0. The lowest BCUT2D eigenvalue weighted by atomic mass is 10.2. The summed E-state index contributed by atoms with van der Waals surface area (Å²) < 4.78 is 4.81. The van der Waals surface area contributed by atoms with Gasteiger partial charge in [0.25, 0.3) is 0 Å². The zero-order valence-electron chi connectivity index (χ0n) is 8.90. The van der Waals surface area contributed by atoms with Crippen LogP contribution in [0.3, 0.4) is 0 Å². The molecule has 0 saturated heterocycles. The van der Waals surface area contributed by atoms with Crippen LogP contribution in [-0.4, -0.2) is 23.4 Å². The number of ether oxygens (including phenoxy) is 1. The van der Waals surface area contributed by atoms with E-state index in [0.717, 1.165) is 10.5 Å². The molecular weight excluding hydrogens is 248 g/mol. The average molecular weight is 261 g/mol. The molecule has 88 valence electrons. The van der Waals surface area contributed by atoms with Crippen molar-refractivity contribution < 1.29 is 14.6 Å². The van der Waals surface area contributed by atoms with Crippen molar-refractivity contribution >= 4 is 29.3 Å². The minimum Gasteiger partial charge on any atom is -0.465 e. The number of hydrogen-bond donors (Lipinski definition) is 1. The molecule has 0 aliphatic heterocycles. The zero-order valence-corrected chi connectivity index (χ0v) is 10.5. The Labute approximate surface area is 104 Å². The lowest BCUT2D eigenvalue weighted by molar-refractivity contribution is -0.139. The topological polar surface area (TPSA) is 46.5 Å². The third-order valence-electron chi connectivity index (χ3n) is 1.85. The van der Waals surface area contributed by atoms with Gasteiger partial charge in [-0.1, -0.05) is 17.7 Å². The first-order chi connectivity index (χ1) is 7.67. The number of carbonyl (C=O) groups excluding carboxylic acids is 1. The molecule has 0 bridgehead atoms. The summed E-state index contributed by atoms with van der Waals surface area (Å²) in [5.41, 5.74) is 0.763. The Hall–Kier alpha value is -0.710. The second-order valence-corrected chi connectivity index (χ2v) is 4.46. The summed E-state index contributed by atoms with van der Waals surface area (Å²) in [4.78, 5) is 12.0. The molecule has 0 fully saturated rings. The molecule has 0 saturated carbocycles. The van der Waals surface area contributed by atoms with E-state index in [1.54, 1.807) is 25.1 Å². The van der Waals surface area contributed by atoms with Crippen LogP contribution in [-0.2, 0) is 16.1 Å². The highest BCUT2D eigenvalue weighted by Gasteiger charge is 2.07. The van der Waals surface area contributed by atoms with Crippen LogP contribution in [0.25, 0.3) is 0 Å². The largest absolute Gasteiger partial charge is 0.465 e. The summed E-state index contributed by atoms with van der Waals surface area (Å²) >= 11 is 7.15. The molecule has 1 aromatic carbocycles. The number of carbonyl (C=O) groups is 1. The smallest absolute Gasteiger partial charge is 0.316 e. The molecular formula is C11H13ClO3S. The van der Waals surface area contributed by atoms with Crippen LogP contribution in [0.5, 0.6) is 0 Å². The normalized spacial score (nSPS) is 10.2. The minimum atomic E-state index is -0.267. The highest BCUT2D eigenvalue weighted by atomic mass is 35.5. The number of thioether (sulfide) groups is 1. The molecule has 0 atom stereocenters. The van der Waals surface area contributed by atoms with E-state index >= 15 is 0 Å². The van der Waals surface area contributed by atoms with E-state index in [4.69, 9.17) is 21.4 Å². The molecule has 1 aromatic rings. The van der Waals surface area contributed by atoms with Crippen LogP contribution < -0.4 is 0 Å². The number of hydrogen-bond acceptors (Lipinski definition) is 4. The molecule has 0 aromatic heterocycles. The van der Waals surface area contributed by atoms with Gasteiger partial charge < -0.3 is 9.84 Å². The second-order valence-electron chi connectivity index (χ2n) is 3.00. The predicted molar refractivity (Wildman–Crippen MR) is 64.7 cm³/mol. The maximum absolute atomic E-state index is 11.2. The quantitative estimate of drug-likeness (QED) is 0.653. The first-order valence-corrected chi connectivity index (χ1v) is 6.21. The lowest BCUT2D eigenvalue weighted by Gasteiger charge is -2.07. The van der Waals surface area contributed by atoms with Gasteiger partial charge in [-0.05, 0) is 24.6 Å². The van der Waals surface area contributed by atoms with E-state index in [1.165, 1.54) is 11.8 Å². The Bertz CT molecular complexity index is 368. The van der Waals surface area contributed by atoms with E-state index in [9.17, 15) is 4.79 Å². The summed E-state index contributed by atoms with van der Waals surface area (Å²) in [6.45, 7) is 2.07. The van der Waals surface area contributed by atoms with Crippen LogP contribution in [0, 0.1) is 0 Å². The van der Waals surface area contributed by atoms with Gasteiger partial charge in [0, 0.05) is 9.92 Å². The standard InChI is InChI=1S/C11H13ClO3S/c1-2-15-11(14)7-16-10-5-9(12)4-3-8(10)6-13/h3-5,13H,2,6-7H2,1H3. The van der Waals surface area contributed by atoms with Gasteiger partial charge in [0.05, 0.1) is 19.0 Å². The van der Waals surface area contributed by atoms with E-state index in [2.05, 4.69) is 0 Å². The van der Waals surface area contributed by atoms with Crippen LogP contribution in [0.4, 0.5) is 0 Å². The highest BCUT2D eigenvalue weighted by Crippen LogP contribution is 2.26. The van der Waals surface area contributed by atoms with Gasteiger partial charge in [-0.25, -0.2) is 0 Å². The van der Waals surface area contributed by atoms with Gasteiger partial charge in [-0.3, -0.25) is 4.79 Å². The SMILES string of the molecule is CCOC(=O)CSc1cc(Cl)ccc1CO. The van der Waals surface area contributed by atoms with Gasteiger partial charge in [0.2, 0.25) is 0 Å². The summed E-state index contributed by atoms with van der Waals surface area (Å²) in [5, 5.41) is 9.69. The van der Waals surface area contributed by atoms with Crippen molar-refractivity contribution in [3.63, 3.8) is 0 Å². The van der Waals surface area contributed by atoms with Gasteiger partial charge in [-0.15, -0.1) is 11.8 Å². The maximum Gasteiger partial charge on any atom is 0.316 e. The summed E-state index contributed by atoms with van der Waals surface area (Å²) in [6.07, 6.45) is 0. The summed E-state index contributed by atoms with van der Waals surface area (Å²) in [5.74, 6) is -0.0439. The maximum atomic E-state index is 11.2. The highest BCUT2D eigenvalue weighted by molar-refractivity contribution is 8.00. The third-order valence-corrected chi connectivity index (χ3v) is 3.16. The summed E-state index contributed by atoms with van der Waals surface area (Å²) in [7, 11) is 0. The molecule has 1 rings (SSSR count). The minimum absolute atomic E-state index is 0.0671. The van der Waals surface area contributed by atoms with Gasteiger partial charge in [-0.2, -0.15) is 0 Å². The number of halogens is 1. The van der Waals surface area contributed by atoms with Crippen LogP contribution in [0.2, 0.25) is 5.02 Å². The van der Waals surface area contributed by atoms with Gasteiger partial charge in [0.15, 0.2) is 0 Å². The van der Waals surface area contributed by atoms with E-state index in [-0.39, 0.29) is 18.3 Å². The third kappa shape index (κ3) is 4.04. The molecule has 0 aliphatic carbocycles. The Morgan fingerprint density at radius 3 is 2.94 bits per heavy atom. The lowest BCUT2D eigenvalue weighted by Crippen LogP contribution is -2.06. The first kappa shape index (κ1) is 13.4. The van der Waals surface area contributed by atoms with Crippen LogP contribution in [0.15, 0.2) is 23.1 Å². The van der Waals surface area contributed by atoms with Crippen LogP contribution >= 0.6 is 23.4 Å². The van der Waals surface area contributed by atoms with Crippen molar-refractivity contribution in [2.45, 2.75) is 18.4 Å². The van der Waals surface area contributed by atoms with Crippen molar-refractivity contribution in [1.82, 2.24) is 0 Å². The predicted octanol–water partition coefficient (Wildman–Crippen LogP) is 2.49. The van der Waals surface area contributed by atoms with E-state index < -0.39 is 0 Å². The van der Waals surface area contributed by atoms with Crippen molar-refractivity contribution in [1.29, 1.82) is 0 Å². The molecule has 0 radical (unpaired) electrons. The Morgan fingerprint density at radius 2 is 2.31 bits per heavy atom. The molecule has 0 heterocycles. The van der Waals surface area contributed by atoms with Crippen molar-refractivity contribution in [3.05, 3.63) is 28.8 Å². The van der Waals surface area contributed by atoms with Gasteiger partial charge in [0.1, 0.15) is 0 Å². The van der Waals surface area contributed by atoms with E-state index in [1.807, 2.05) is 0 Å². The number of aliphatic hydroxyl groups is 1. The number of esters is 1. The first-order valence-electron chi connectivity index (χ1n) is 4.85. The molecule has 0 unspecified atom stereocenters. The fourth-order valence-electron chi connectivity index (χ4n) is 1.13. The van der Waals surface area contributed by atoms with Crippen molar-refractivity contribution in [3.8, 4) is 0 Å². The second kappa shape index (κ2) is 6.78. The number of aliphatic hydroxyl groups excluding tert-OH is 1. The molecule has 1 N–H and O–H groups in total. The molecule has 0 spiro atoms. The Balaban J connectivity index is 2.65. The van der Waals surface area contributed by atoms with Crippen molar-refractivity contribution in [2.24, 2.45) is 0 Å². The van der Waals surface area contributed by atoms with E-state index in [0.29, 0.717) is 11.6 Å². The van der Waals surface area contributed by atoms with Crippen molar-refractivity contribution in [2.75, 3.05) is 12.4 Å².